The summed E-state index contributed by atoms with van der Waals surface area (Å²) < 4.78 is 1.90. The maximum atomic E-state index is 12.7. The van der Waals surface area contributed by atoms with E-state index in [1.54, 1.807) is 11.3 Å². The average Bonchev–Trinajstić information content (AvgIpc) is 3.35. The van der Waals surface area contributed by atoms with Gasteiger partial charge in [-0.25, -0.2) is 0 Å². The van der Waals surface area contributed by atoms with E-state index in [4.69, 9.17) is 0 Å². The first kappa shape index (κ1) is 16.8. The summed E-state index contributed by atoms with van der Waals surface area (Å²) in [5.74, 6) is -0.0493. The summed E-state index contributed by atoms with van der Waals surface area (Å²) in [5.41, 5.74) is 2.99. The molecule has 0 aromatic carbocycles. The largest absolute Gasteiger partial charge is 0.346 e. The maximum absolute atomic E-state index is 12.7. The summed E-state index contributed by atoms with van der Waals surface area (Å²) in [7, 11) is 1.96. The summed E-state index contributed by atoms with van der Waals surface area (Å²) in [6.45, 7) is 0.575. The Morgan fingerprint density at radius 1 is 1.32 bits per heavy atom. The monoisotopic (exact) mass is 358 g/mol. The summed E-state index contributed by atoms with van der Waals surface area (Å²) >= 11 is 1.66. The van der Waals surface area contributed by atoms with Crippen LogP contribution in [0.3, 0.4) is 0 Å². The van der Waals surface area contributed by atoms with Crippen molar-refractivity contribution in [3.05, 3.63) is 39.3 Å². The van der Waals surface area contributed by atoms with E-state index in [2.05, 4.69) is 15.7 Å². The number of aryl methyl sites for hydroxylation is 1. The van der Waals surface area contributed by atoms with Gasteiger partial charge >= 0.3 is 0 Å². The van der Waals surface area contributed by atoms with Gasteiger partial charge in [-0.15, -0.1) is 11.3 Å². The van der Waals surface area contributed by atoms with E-state index < -0.39 is 0 Å². The zero-order valence-corrected chi connectivity index (χ0v) is 15.6. The average molecular weight is 359 g/mol. The Bertz CT molecular complexity index is 731. The van der Waals surface area contributed by atoms with Crippen LogP contribution in [0.25, 0.3) is 0 Å². The topological polar surface area (TPSA) is 59.0 Å². The minimum absolute atomic E-state index is 0.0493. The Labute approximate surface area is 152 Å². The number of carbonyl (C=O) groups is 1. The lowest BCUT2D eigenvalue weighted by atomic mass is 9.90. The summed E-state index contributed by atoms with van der Waals surface area (Å²) in [5, 5.41) is 13.4. The first-order valence-electron chi connectivity index (χ1n) is 9.32. The number of rotatable bonds is 5. The molecule has 2 aromatic heterocycles. The summed E-state index contributed by atoms with van der Waals surface area (Å²) in [6.07, 6.45) is 8.34. The molecule has 6 heteroatoms. The second-order valence-corrected chi connectivity index (χ2v) is 8.28. The quantitative estimate of drug-likeness (QED) is 0.864. The number of fused-ring (bicyclic) bond motifs is 1. The van der Waals surface area contributed by atoms with Crippen LogP contribution in [0.4, 0.5) is 0 Å². The van der Waals surface area contributed by atoms with Crippen molar-refractivity contribution in [2.24, 2.45) is 7.05 Å². The molecule has 2 aliphatic rings. The van der Waals surface area contributed by atoms with Crippen molar-refractivity contribution < 1.29 is 4.79 Å². The van der Waals surface area contributed by atoms with Crippen molar-refractivity contribution in [2.75, 3.05) is 0 Å². The number of nitrogens with zero attached hydrogens (tertiary/aromatic N) is 2. The molecule has 1 unspecified atom stereocenters. The van der Waals surface area contributed by atoms with Crippen LogP contribution in [0.1, 0.15) is 58.7 Å². The van der Waals surface area contributed by atoms with Gasteiger partial charge in [0.2, 0.25) is 0 Å². The van der Waals surface area contributed by atoms with Crippen LogP contribution >= 0.6 is 11.3 Å². The second kappa shape index (κ2) is 7.30. The molecular formula is C19H26N4OS. The Morgan fingerprint density at radius 3 is 2.92 bits per heavy atom. The molecule has 5 nitrogen and oxygen atoms in total. The second-order valence-electron chi connectivity index (χ2n) is 7.25. The van der Waals surface area contributed by atoms with Crippen LogP contribution in [0, 0.1) is 0 Å². The highest BCUT2D eigenvalue weighted by Crippen LogP contribution is 2.26. The molecule has 2 N–H and O–H groups in total. The first-order valence-corrected chi connectivity index (χ1v) is 10.2. The number of thiophene rings is 1. The zero-order valence-electron chi connectivity index (χ0n) is 14.8. The molecule has 1 saturated carbocycles. The lowest BCUT2D eigenvalue weighted by molar-refractivity contribution is 0.0944. The van der Waals surface area contributed by atoms with Crippen LogP contribution in [0.15, 0.2) is 17.5 Å². The highest BCUT2D eigenvalue weighted by Gasteiger charge is 2.29. The van der Waals surface area contributed by atoms with E-state index in [0.29, 0.717) is 24.3 Å². The molecule has 134 valence electrons. The van der Waals surface area contributed by atoms with Gasteiger partial charge in [0.15, 0.2) is 5.69 Å². The first-order chi connectivity index (χ1) is 12.2. The number of carbonyl (C=O) groups excluding carboxylic acids is 1. The molecule has 1 atom stereocenters. The van der Waals surface area contributed by atoms with Gasteiger partial charge < -0.3 is 10.6 Å². The van der Waals surface area contributed by atoms with Crippen molar-refractivity contribution >= 4 is 17.2 Å². The molecule has 0 bridgehead atoms. The molecule has 2 heterocycles. The van der Waals surface area contributed by atoms with Gasteiger partial charge in [0.1, 0.15) is 0 Å². The third-order valence-corrected chi connectivity index (χ3v) is 6.38. The molecular weight excluding hydrogens is 332 g/mol. The van der Waals surface area contributed by atoms with Gasteiger partial charge in [0.05, 0.1) is 6.54 Å². The Morgan fingerprint density at radius 2 is 2.16 bits per heavy atom. The van der Waals surface area contributed by atoms with Crippen molar-refractivity contribution in [2.45, 2.75) is 63.6 Å². The van der Waals surface area contributed by atoms with Gasteiger partial charge in [0.25, 0.3) is 5.91 Å². The van der Waals surface area contributed by atoms with Crippen LogP contribution in [-0.4, -0.2) is 27.8 Å². The molecule has 0 saturated heterocycles. The summed E-state index contributed by atoms with van der Waals surface area (Å²) in [6, 6.07) is 5.19. The molecule has 0 spiro atoms. The number of amides is 1. The van der Waals surface area contributed by atoms with Gasteiger partial charge in [-0.3, -0.25) is 9.48 Å². The minimum Gasteiger partial charge on any atom is -0.346 e. The van der Waals surface area contributed by atoms with E-state index in [0.717, 1.165) is 24.8 Å². The lowest BCUT2D eigenvalue weighted by Crippen LogP contribution is -2.40. The highest BCUT2D eigenvalue weighted by molar-refractivity contribution is 7.09. The van der Waals surface area contributed by atoms with Crippen molar-refractivity contribution in [3.63, 3.8) is 0 Å². The van der Waals surface area contributed by atoms with Crippen molar-refractivity contribution in [1.29, 1.82) is 0 Å². The van der Waals surface area contributed by atoms with E-state index >= 15 is 0 Å². The predicted octanol–water partition coefficient (Wildman–Crippen LogP) is 2.80. The maximum Gasteiger partial charge on any atom is 0.272 e. The Balaban J connectivity index is 1.45. The fourth-order valence-corrected chi connectivity index (χ4v) is 4.85. The zero-order chi connectivity index (χ0) is 17.2. The lowest BCUT2D eigenvalue weighted by Gasteiger charge is -2.27. The normalized spacial score (nSPS) is 20.6. The molecule has 0 radical (unpaired) electrons. The predicted molar refractivity (Wildman–Crippen MR) is 99.9 cm³/mol. The molecule has 2 aromatic rings. The van der Waals surface area contributed by atoms with Crippen LogP contribution < -0.4 is 10.6 Å². The number of nitrogens with one attached hydrogen (secondary N) is 2. The number of aromatic nitrogens is 2. The molecule has 4 rings (SSSR count). The molecule has 25 heavy (non-hydrogen) atoms. The summed E-state index contributed by atoms with van der Waals surface area (Å²) in [4.78, 5) is 13.8. The van der Waals surface area contributed by atoms with E-state index in [1.165, 1.54) is 36.3 Å². The molecule has 1 amide bonds. The van der Waals surface area contributed by atoms with Crippen LogP contribution in [0.5, 0.6) is 0 Å². The molecule has 0 aliphatic heterocycles. The number of hydrogen-bond donors (Lipinski definition) is 2. The van der Waals surface area contributed by atoms with Gasteiger partial charge in [-0.1, -0.05) is 18.9 Å². The van der Waals surface area contributed by atoms with Crippen LogP contribution in [0.2, 0.25) is 0 Å². The van der Waals surface area contributed by atoms with Gasteiger partial charge in [0, 0.05) is 35.3 Å². The fraction of sp³-hybridized carbons (Fsp3) is 0.579. The standard InChI is InChI=1S/C19H26N4OS/c1-23-17-9-8-14(21-13-5-2-3-6-13)11-16(17)18(22-23)19(24)20-12-15-7-4-10-25-15/h4,7,10,13-14,21H,2-3,5-6,8-9,11-12H2,1H3,(H,20,24). The highest BCUT2D eigenvalue weighted by atomic mass is 32.1. The van der Waals surface area contributed by atoms with Crippen molar-refractivity contribution in [1.82, 2.24) is 20.4 Å². The smallest absolute Gasteiger partial charge is 0.272 e. The minimum atomic E-state index is -0.0493. The van der Waals surface area contributed by atoms with Crippen molar-refractivity contribution in [3.8, 4) is 0 Å². The fourth-order valence-electron chi connectivity index (χ4n) is 4.20. The number of hydrogen-bond acceptors (Lipinski definition) is 4. The third-order valence-electron chi connectivity index (χ3n) is 5.50. The molecule has 1 fully saturated rings. The van der Waals surface area contributed by atoms with E-state index in [1.807, 2.05) is 29.2 Å². The van der Waals surface area contributed by atoms with Gasteiger partial charge in [-0.2, -0.15) is 5.10 Å². The Hall–Kier alpha value is -1.66. The molecule has 2 aliphatic carbocycles. The van der Waals surface area contributed by atoms with E-state index in [-0.39, 0.29) is 5.91 Å². The third kappa shape index (κ3) is 3.65. The van der Waals surface area contributed by atoms with E-state index in [9.17, 15) is 4.79 Å². The Kier molecular flexibility index (Phi) is 4.90. The SMILES string of the molecule is Cn1nc(C(=O)NCc2cccs2)c2c1CCC(NC1CCCC1)C2. The van der Waals surface area contributed by atoms with Crippen LogP contribution in [-0.2, 0) is 26.4 Å². The van der Waals surface area contributed by atoms with Gasteiger partial charge in [-0.05, 0) is 43.6 Å².